The van der Waals surface area contributed by atoms with Gasteiger partial charge in [0.2, 0.25) is 11.8 Å². The van der Waals surface area contributed by atoms with Gasteiger partial charge in [0.1, 0.15) is 5.75 Å². The fourth-order valence-electron chi connectivity index (χ4n) is 4.44. The number of nitrogens with zero attached hydrogens (tertiary/aromatic N) is 2. The minimum atomic E-state index is -0.405. The number of hydrogen-bond donors (Lipinski definition) is 1. The quantitative estimate of drug-likeness (QED) is 0.539. The molecule has 1 saturated heterocycles. The molecule has 1 atom stereocenters. The van der Waals surface area contributed by atoms with Crippen LogP contribution in [0.3, 0.4) is 0 Å². The molecular weight excluding hydrogens is 434 g/mol. The van der Waals surface area contributed by atoms with Gasteiger partial charge in [-0.2, -0.15) is 0 Å². The minimum absolute atomic E-state index is 0.0103. The Labute approximate surface area is 198 Å². The minimum Gasteiger partial charge on any atom is -0.496 e. The maximum absolute atomic E-state index is 13.0. The van der Waals surface area contributed by atoms with Crippen LogP contribution in [-0.2, 0) is 16.0 Å². The summed E-state index contributed by atoms with van der Waals surface area (Å²) in [5.74, 6) is 0.251. The molecule has 1 unspecified atom stereocenters. The second-order valence-corrected chi connectivity index (χ2v) is 9.64. The second-order valence-electron chi connectivity index (χ2n) is 8.44. The third kappa shape index (κ3) is 4.50. The Morgan fingerprint density at radius 1 is 1.21 bits per heavy atom. The molecule has 1 N–H and O–H groups in total. The largest absolute Gasteiger partial charge is 0.496 e. The maximum Gasteiger partial charge on any atom is 0.231 e. The van der Waals surface area contributed by atoms with Gasteiger partial charge >= 0.3 is 0 Å². The van der Waals surface area contributed by atoms with Crippen LogP contribution in [-0.4, -0.2) is 30.5 Å². The Morgan fingerprint density at radius 3 is 2.70 bits per heavy atom. The molecule has 2 aromatic carbocycles. The lowest BCUT2D eigenvalue weighted by molar-refractivity contribution is -0.122. The van der Waals surface area contributed by atoms with Gasteiger partial charge < -0.3 is 15.0 Å². The number of aryl methyl sites for hydroxylation is 4. The fraction of sp³-hybridized carbons (Fsp3) is 0.346. The second kappa shape index (κ2) is 9.35. The fourth-order valence-corrected chi connectivity index (χ4v) is 5.28. The third-order valence-electron chi connectivity index (χ3n) is 6.16. The van der Waals surface area contributed by atoms with Crippen molar-refractivity contribution in [3.8, 4) is 17.0 Å². The van der Waals surface area contributed by atoms with E-state index in [4.69, 9.17) is 4.74 Å². The summed E-state index contributed by atoms with van der Waals surface area (Å²) in [6, 6.07) is 12.0. The maximum atomic E-state index is 13.0. The average Bonchev–Trinajstić information content (AvgIpc) is 3.35. The molecule has 7 heteroatoms. The van der Waals surface area contributed by atoms with E-state index in [0.29, 0.717) is 11.7 Å². The van der Waals surface area contributed by atoms with Crippen LogP contribution in [0.5, 0.6) is 5.75 Å². The van der Waals surface area contributed by atoms with Crippen molar-refractivity contribution in [2.24, 2.45) is 5.92 Å². The summed E-state index contributed by atoms with van der Waals surface area (Å²) >= 11 is 1.45. The standard InChI is InChI=1S/C26H29N3O3S/c1-6-18-9-7-8-15(2)24(18)29-14-20(13-22(29)30)25(31)28-26-27-23(17(4)33-26)19-10-11-21(32-5)16(3)12-19/h7-12,20H,6,13-14H2,1-5H3,(H,27,28,31). The molecule has 4 rings (SSSR count). The molecule has 6 nitrogen and oxygen atoms in total. The number of carbonyl (C=O) groups excluding carboxylic acids is 2. The highest BCUT2D eigenvalue weighted by Crippen LogP contribution is 2.35. The number of benzene rings is 2. The molecule has 0 saturated carbocycles. The summed E-state index contributed by atoms with van der Waals surface area (Å²) in [6.45, 7) is 8.46. The number of methoxy groups -OCH3 is 1. The van der Waals surface area contributed by atoms with Crippen molar-refractivity contribution in [1.82, 2.24) is 4.98 Å². The van der Waals surface area contributed by atoms with Gasteiger partial charge in [-0.25, -0.2) is 4.98 Å². The zero-order valence-corrected chi connectivity index (χ0v) is 20.5. The van der Waals surface area contributed by atoms with Crippen molar-refractivity contribution in [2.75, 3.05) is 23.9 Å². The number of para-hydroxylation sites is 1. The smallest absolute Gasteiger partial charge is 0.231 e. The molecule has 2 amide bonds. The summed E-state index contributed by atoms with van der Waals surface area (Å²) < 4.78 is 5.35. The number of hydrogen-bond acceptors (Lipinski definition) is 5. The molecule has 1 fully saturated rings. The number of rotatable bonds is 6. The van der Waals surface area contributed by atoms with E-state index in [1.165, 1.54) is 11.3 Å². The van der Waals surface area contributed by atoms with Crippen LogP contribution in [0.25, 0.3) is 11.3 Å². The van der Waals surface area contributed by atoms with Crippen molar-refractivity contribution >= 4 is 34.0 Å². The first-order valence-electron chi connectivity index (χ1n) is 11.1. The Morgan fingerprint density at radius 2 is 2.00 bits per heavy atom. The van der Waals surface area contributed by atoms with Crippen LogP contribution in [0.2, 0.25) is 0 Å². The predicted octanol–water partition coefficient (Wildman–Crippen LogP) is 5.30. The molecule has 0 bridgehead atoms. The van der Waals surface area contributed by atoms with Gasteiger partial charge in [-0.1, -0.05) is 25.1 Å². The van der Waals surface area contributed by atoms with Gasteiger partial charge in [0.15, 0.2) is 5.13 Å². The van der Waals surface area contributed by atoms with E-state index in [9.17, 15) is 9.59 Å². The molecular formula is C26H29N3O3S. The van der Waals surface area contributed by atoms with Gasteiger partial charge in [-0.3, -0.25) is 9.59 Å². The predicted molar refractivity (Wildman–Crippen MR) is 133 cm³/mol. The lowest BCUT2D eigenvalue weighted by Crippen LogP contribution is -2.29. The lowest BCUT2D eigenvalue weighted by Gasteiger charge is -2.22. The van der Waals surface area contributed by atoms with Gasteiger partial charge in [0.25, 0.3) is 0 Å². The van der Waals surface area contributed by atoms with Crippen molar-refractivity contribution in [3.63, 3.8) is 0 Å². The number of amides is 2. The van der Waals surface area contributed by atoms with Crippen LogP contribution >= 0.6 is 11.3 Å². The highest BCUT2D eigenvalue weighted by Gasteiger charge is 2.36. The molecule has 0 spiro atoms. The summed E-state index contributed by atoms with van der Waals surface area (Å²) in [5, 5.41) is 3.51. The highest BCUT2D eigenvalue weighted by molar-refractivity contribution is 7.16. The molecule has 1 aromatic heterocycles. The number of aromatic nitrogens is 1. The van der Waals surface area contributed by atoms with Gasteiger partial charge in [-0.05, 0) is 62.1 Å². The number of thiazole rings is 1. The normalized spacial score (nSPS) is 15.7. The van der Waals surface area contributed by atoms with Gasteiger partial charge in [0, 0.05) is 29.1 Å². The van der Waals surface area contributed by atoms with Crippen LogP contribution in [0.15, 0.2) is 36.4 Å². The van der Waals surface area contributed by atoms with E-state index >= 15 is 0 Å². The molecule has 1 aliphatic heterocycles. The summed E-state index contributed by atoms with van der Waals surface area (Å²) in [7, 11) is 1.65. The Balaban J connectivity index is 1.50. The first kappa shape index (κ1) is 23.0. The number of carbonyl (C=O) groups is 2. The monoisotopic (exact) mass is 463 g/mol. The first-order valence-corrected chi connectivity index (χ1v) is 12.0. The third-order valence-corrected chi connectivity index (χ3v) is 7.05. The van der Waals surface area contributed by atoms with Crippen molar-refractivity contribution < 1.29 is 14.3 Å². The molecule has 0 aliphatic carbocycles. The van der Waals surface area contributed by atoms with Crippen LogP contribution in [0, 0.1) is 26.7 Å². The van der Waals surface area contributed by atoms with Crippen LogP contribution in [0.4, 0.5) is 10.8 Å². The molecule has 1 aliphatic rings. The molecule has 2 heterocycles. The van der Waals surface area contributed by atoms with E-state index in [0.717, 1.165) is 50.7 Å². The van der Waals surface area contributed by atoms with E-state index in [-0.39, 0.29) is 18.2 Å². The molecule has 0 radical (unpaired) electrons. The number of ether oxygens (including phenoxy) is 1. The van der Waals surface area contributed by atoms with E-state index < -0.39 is 5.92 Å². The highest BCUT2D eigenvalue weighted by atomic mass is 32.1. The molecule has 33 heavy (non-hydrogen) atoms. The van der Waals surface area contributed by atoms with Crippen molar-refractivity contribution in [3.05, 3.63) is 58.0 Å². The van der Waals surface area contributed by atoms with Gasteiger partial charge in [-0.15, -0.1) is 11.3 Å². The summed E-state index contributed by atoms with van der Waals surface area (Å²) in [4.78, 5) is 33.3. The Bertz CT molecular complexity index is 1220. The lowest BCUT2D eigenvalue weighted by atomic mass is 10.0. The van der Waals surface area contributed by atoms with Gasteiger partial charge in [0.05, 0.1) is 18.7 Å². The summed E-state index contributed by atoms with van der Waals surface area (Å²) in [6.07, 6.45) is 1.04. The van der Waals surface area contributed by atoms with Crippen LogP contribution in [0.1, 0.15) is 34.9 Å². The zero-order valence-electron chi connectivity index (χ0n) is 19.7. The SMILES string of the molecule is CCc1cccc(C)c1N1CC(C(=O)Nc2nc(-c3ccc(OC)c(C)c3)c(C)s2)CC1=O. The molecule has 172 valence electrons. The van der Waals surface area contributed by atoms with Crippen molar-refractivity contribution in [2.45, 2.75) is 40.5 Å². The number of nitrogens with one attached hydrogen (secondary N) is 1. The first-order chi connectivity index (χ1) is 15.8. The summed E-state index contributed by atoms with van der Waals surface area (Å²) in [5.41, 5.74) is 5.98. The van der Waals surface area contributed by atoms with E-state index in [1.807, 2.05) is 57.2 Å². The van der Waals surface area contributed by atoms with E-state index in [1.54, 1.807) is 12.0 Å². The average molecular weight is 464 g/mol. The number of anilines is 2. The van der Waals surface area contributed by atoms with Crippen molar-refractivity contribution in [1.29, 1.82) is 0 Å². The zero-order chi connectivity index (χ0) is 23.7. The Kier molecular flexibility index (Phi) is 6.51. The Hall–Kier alpha value is -3.19. The topological polar surface area (TPSA) is 71.5 Å². The van der Waals surface area contributed by atoms with Crippen LogP contribution < -0.4 is 15.0 Å². The molecule has 3 aromatic rings. The van der Waals surface area contributed by atoms with E-state index in [2.05, 4.69) is 17.2 Å².